The van der Waals surface area contributed by atoms with Crippen molar-refractivity contribution in [3.8, 4) is 22.6 Å². The Morgan fingerprint density at radius 2 is 1.65 bits per heavy atom. The summed E-state index contributed by atoms with van der Waals surface area (Å²) in [5.74, 6) is 0.619. The third-order valence-corrected chi connectivity index (χ3v) is 3.04. The fraction of sp³-hybridized carbons (Fsp3) is 0.188. The van der Waals surface area contributed by atoms with Crippen molar-refractivity contribution in [2.75, 3.05) is 14.2 Å². The normalized spacial score (nSPS) is 10.2. The summed E-state index contributed by atoms with van der Waals surface area (Å²) >= 11 is 0. The highest BCUT2D eigenvalue weighted by Crippen LogP contribution is 2.35. The molecule has 0 aliphatic heterocycles. The molecule has 0 bridgehead atoms. The Kier molecular flexibility index (Phi) is 4.03. The van der Waals surface area contributed by atoms with Gasteiger partial charge >= 0.3 is 0 Å². The highest BCUT2D eigenvalue weighted by Gasteiger charge is 2.13. The van der Waals surface area contributed by atoms with Gasteiger partial charge in [0.2, 0.25) is 0 Å². The van der Waals surface area contributed by atoms with Crippen LogP contribution < -0.4 is 9.47 Å². The van der Waals surface area contributed by atoms with Crippen LogP contribution in [0.1, 0.15) is 15.9 Å². The van der Waals surface area contributed by atoms with E-state index in [0.717, 1.165) is 11.8 Å². The Bertz CT molecular complexity index is 630. The van der Waals surface area contributed by atoms with E-state index < -0.39 is 0 Å². The lowest BCUT2D eigenvalue weighted by Gasteiger charge is -2.13. The van der Waals surface area contributed by atoms with Crippen molar-refractivity contribution in [2.24, 2.45) is 0 Å². The van der Waals surface area contributed by atoms with Crippen molar-refractivity contribution in [3.05, 3.63) is 47.3 Å². The van der Waals surface area contributed by atoms with Crippen molar-refractivity contribution < 1.29 is 18.7 Å². The minimum atomic E-state index is -0.341. The van der Waals surface area contributed by atoms with Crippen LogP contribution in [-0.4, -0.2) is 20.5 Å². The van der Waals surface area contributed by atoms with Gasteiger partial charge in [-0.15, -0.1) is 0 Å². The van der Waals surface area contributed by atoms with Crippen LogP contribution in [0.3, 0.4) is 0 Å². The molecule has 2 aromatic rings. The Morgan fingerprint density at radius 3 is 2.20 bits per heavy atom. The Hall–Kier alpha value is -2.36. The van der Waals surface area contributed by atoms with Gasteiger partial charge in [0, 0.05) is 5.56 Å². The zero-order valence-electron chi connectivity index (χ0n) is 11.6. The molecule has 0 saturated heterocycles. The number of hydrogen-bond acceptors (Lipinski definition) is 3. The maximum atomic E-state index is 13.5. The maximum Gasteiger partial charge on any atom is 0.161 e. The molecule has 0 atom stereocenters. The van der Waals surface area contributed by atoms with Gasteiger partial charge in [-0.25, -0.2) is 4.39 Å². The van der Waals surface area contributed by atoms with Gasteiger partial charge in [0.15, 0.2) is 17.8 Å². The molecule has 2 rings (SSSR count). The first kappa shape index (κ1) is 14.1. The summed E-state index contributed by atoms with van der Waals surface area (Å²) in [6.07, 6.45) is 0.720. The summed E-state index contributed by atoms with van der Waals surface area (Å²) < 4.78 is 23.9. The number of halogens is 1. The number of methoxy groups -OCH3 is 2. The van der Waals surface area contributed by atoms with Gasteiger partial charge in [-0.2, -0.15) is 0 Å². The molecule has 2 aromatic carbocycles. The third-order valence-electron chi connectivity index (χ3n) is 3.04. The number of ether oxygens (including phenoxy) is 2. The van der Waals surface area contributed by atoms with E-state index in [2.05, 4.69) is 0 Å². The summed E-state index contributed by atoms with van der Waals surface area (Å²) in [6.45, 7) is 1.80. The Balaban J connectivity index is 2.68. The summed E-state index contributed by atoms with van der Waals surface area (Å²) in [5.41, 5.74) is 2.45. The summed E-state index contributed by atoms with van der Waals surface area (Å²) in [7, 11) is 3.01. The fourth-order valence-electron chi connectivity index (χ4n) is 2.13. The minimum Gasteiger partial charge on any atom is -0.493 e. The number of carbonyl (C=O) groups is 1. The van der Waals surface area contributed by atoms with Crippen LogP contribution in [-0.2, 0) is 0 Å². The van der Waals surface area contributed by atoms with E-state index >= 15 is 0 Å². The van der Waals surface area contributed by atoms with Crippen LogP contribution in [0.2, 0.25) is 0 Å². The molecule has 0 unspecified atom stereocenters. The largest absolute Gasteiger partial charge is 0.493 e. The van der Waals surface area contributed by atoms with Crippen LogP contribution in [0.4, 0.5) is 4.39 Å². The average molecular weight is 274 g/mol. The quantitative estimate of drug-likeness (QED) is 0.799. The number of aldehydes is 1. The molecule has 0 aliphatic rings. The van der Waals surface area contributed by atoms with Crippen LogP contribution in [0, 0.1) is 12.7 Å². The number of aryl methyl sites for hydroxylation is 1. The van der Waals surface area contributed by atoms with Crippen molar-refractivity contribution in [1.82, 2.24) is 0 Å². The summed E-state index contributed by atoms with van der Waals surface area (Å²) in [4.78, 5) is 11.2. The third kappa shape index (κ3) is 2.64. The topological polar surface area (TPSA) is 35.5 Å². The van der Waals surface area contributed by atoms with E-state index in [1.54, 1.807) is 19.1 Å². The molecule has 3 nitrogen and oxygen atoms in total. The lowest BCUT2D eigenvalue weighted by molar-refractivity contribution is 0.112. The van der Waals surface area contributed by atoms with E-state index in [1.165, 1.54) is 26.4 Å². The molecule has 4 heteroatoms. The van der Waals surface area contributed by atoms with Gasteiger partial charge in [0.1, 0.15) is 5.82 Å². The molecule has 104 valence electrons. The molecular formula is C16H15FO3. The predicted molar refractivity (Wildman–Crippen MR) is 75.1 cm³/mol. The second kappa shape index (κ2) is 5.74. The number of hydrogen-bond donors (Lipinski definition) is 0. The van der Waals surface area contributed by atoms with Gasteiger partial charge in [-0.3, -0.25) is 4.79 Å². The first-order valence-corrected chi connectivity index (χ1v) is 6.07. The number of rotatable bonds is 4. The molecule has 0 amide bonds. The van der Waals surface area contributed by atoms with E-state index in [0.29, 0.717) is 28.2 Å². The Labute approximate surface area is 117 Å². The van der Waals surface area contributed by atoms with Crippen molar-refractivity contribution in [2.45, 2.75) is 6.92 Å². The smallest absolute Gasteiger partial charge is 0.161 e. The molecule has 0 spiro atoms. The highest BCUT2D eigenvalue weighted by atomic mass is 19.1. The molecule has 0 aliphatic carbocycles. The van der Waals surface area contributed by atoms with Gasteiger partial charge in [-0.1, -0.05) is 6.07 Å². The van der Waals surface area contributed by atoms with Crippen LogP contribution in [0.15, 0.2) is 30.3 Å². The van der Waals surface area contributed by atoms with Gasteiger partial charge in [-0.05, 0) is 47.9 Å². The van der Waals surface area contributed by atoms with Crippen LogP contribution in [0.25, 0.3) is 11.1 Å². The zero-order valence-corrected chi connectivity index (χ0v) is 11.6. The van der Waals surface area contributed by atoms with Gasteiger partial charge < -0.3 is 9.47 Å². The SMILES string of the molecule is COc1cc(C=O)c(-c2cc(C)cc(F)c2)cc1OC. The lowest BCUT2D eigenvalue weighted by Crippen LogP contribution is -1.96. The van der Waals surface area contributed by atoms with E-state index in [4.69, 9.17) is 9.47 Å². The first-order valence-electron chi connectivity index (χ1n) is 6.07. The second-order valence-corrected chi connectivity index (χ2v) is 4.43. The van der Waals surface area contributed by atoms with E-state index in [9.17, 15) is 9.18 Å². The van der Waals surface area contributed by atoms with Crippen molar-refractivity contribution in [1.29, 1.82) is 0 Å². The van der Waals surface area contributed by atoms with Gasteiger partial charge in [0.25, 0.3) is 0 Å². The first-order chi connectivity index (χ1) is 9.58. The summed E-state index contributed by atoms with van der Waals surface area (Å²) in [6, 6.07) is 7.90. The molecule has 0 N–H and O–H groups in total. The molecule has 0 heterocycles. The predicted octanol–water partition coefficient (Wildman–Crippen LogP) is 3.63. The number of carbonyl (C=O) groups excluding carboxylic acids is 1. The molecule has 0 radical (unpaired) electrons. The molecule has 0 aromatic heterocycles. The van der Waals surface area contributed by atoms with Crippen molar-refractivity contribution in [3.63, 3.8) is 0 Å². The Morgan fingerprint density at radius 1 is 1.00 bits per heavy atom. The molecule has 20 heavy (non-hydrogen) atoms. The fourth-order valence-corrected chi connectivity index (χ4v) is 2.13. The van der Waals surface area contributed by atoms with Crippen LogP contribution in [0.5, 0.6) is 11.5 Å². The maximum absolute atomic E-state index is 13.5. The number of benzene rings is 2. The standard InChI is InChI=1S/C16H15FO3/c1-10-4-11(6-13(17)5-10)14-8-16(20-3)15(19-2)7-12(14)9-18/h4-9H,1-3H3. The van der Waals surface area contributed by atoms with Crippen LogP contribution >= 0.6 is 0 Å². The zero-order chi connectivity index (χ0) is 14.7. The van der Waals surface area contributed by atoms with E-state index in [1.807, 2.05) is 6.07 Å². The average Bonchev–Trinajstić information content (AvgIpc) is 2.44. The van der Waals surface area contributed by atoms with Gasteiger partial charge in [0.05, 0.1) is 14.2 Å². The summed E-state index contributed by atoms with van der Waals surface area (Å²) in [5, 5.41) is 0. The molecule has 0 fully saturated rings. The minimum absolute atomic E-state index is 0.341. The molecule has 0 saturated carbocycles. The monoisotopic (exact) mass is 274 g/mol. The molecular weight excluding hydrogens is 259 g/mol. The second-order valence-electron chi connectivity index (χ2n) is 4.43. The van der Waals surface area contributed by atoms with Crippen molar-refractivity contribution >= 4 is 6.29 Å². The highest BCUT2D eigenvalue weighted by molar-refractivity contribution is 5.89. The van der Waals surface area contributed by atoms with E-state index in [-0.39, 0.29) is 5.82 Å². The lowest BCUT2D eigenvalue weighted by atomic mass is 9.98.